The van der Waals surface area contributed by atoms with Crippen LogP contribution in [0, 0.1) is 6.92 Å². The molecule has 0 saturated carbocycles. The second-order valence-corrected chi connectivity index (χ2v) is 6.69. The van der Waals surface area contributed by atoms with Gasteiger partial charge in [-0.15, -0.1) is 0 Å². The van der Waals surface area contributed by atoms with Crippen LogP contribution in [-0.2, 0) is 16.1 Å². The van der Waals surface area contributed by atoms with Crippen LogP contribution in [0.2, 0.25) is 0 Å². The number of aryl methyl sites for hydroxylation is 1. The van der Waals surface area contributed by atoms with Crippen molar-refractivity contribution in [3.8, 4) is 0 Å². The van der Waals surface area contributed by atoms with Gasteiger partial charge >= 0.3 is 11.8 Å². The van der Waals surface area contributed by atoms with Crippen molar-refractivity contribution in [3.05, 3.63) is 107 Å². The molecule has 2 amide bonds. The first-order valence-corrected chi connectivity index (χ1v) is 9.35. The lowest BCUT2D eigenvalue weighted by molar-refractivity contribution is -0.139. The highest BCUT2D eigenvalue weighted by Crippen LogP contribution is 2.23. The predicted molar refractivity (Wildman–Crippen MR) is 111 cm³/mol. The Morgan fingerprint density at radius 2 is 1.21 bits per heavy atom. The fraction of sp³-hybridized carbons (Fsp3) is 0.167. The van der Waals surface area contributed by atoms with E-state index < -0.39 is 11.8 Å². The van der Waals surface area contributed by atoms with Gasteiger partial charge in [-0.05, 0) is 29.2 Å². The Balaban J connectivity index is 1.62. The van der Waals surface area contributed by atoms with Crippen LogP contribution in [0.1, 0.15) is 28.2 Å². The minimum Gasteiger partial charge on any atom is -0.347 e. The summed E-state index contributed by atoms with van der Waals surface area (Å²) in [6.45, 7) is 2.66. The van der Waals surface area contributed by atoms with Gasteiger partial charge in [0.05, 0.1) is 0 Å². The van der Waals surface area contributed by atoms with E-state index >= 15 is 0 Å². The normalized spacial score (nSPS) is 10.5. The molecule has 0 unspecified atom stereocenters. The number of hydrogen-bond acceptors (Lipinski definition) is 2. The summed E-state index contributed by atoms with van der Waals surface area (Å²) in [5.74, 6) is -1.26. The Labute approximate surface area is 165 Å². The minimum atomic E-state index is -0.622. The van der Waals surface area contributed by atoms with E-state index in [9.17, 15) is 9.59 Å². The van der Waals surface area contributed by atoms with Crippen molar-refractivity contribution in [2.24, 2.45) is 0 Å². The summed E-state index contributed by atoms with van der Waals surface area (Å²) in [5.41, 5.74) is 4.26. The zero-order valence-electron chi connectivity index (χ0n) is 15.9. The molecule has 0 saturated heterocycles. The van der Waals surface area contributed by atoms with Crippen molar-refractivity contribution in [2.45, 2.75) is 19.4 Å². The van der Waals surface area contributed by atoms with Crippen molar-refractivity contribution in [2.75, 3.05) is 6.54 Å². The topological polar surface area (TPSA) is 58.2 Å². The summed E-state index contributed by atoms with van der Waals surface area (Å²) in [7, 11) is 0. The molecular formula is C24H24N2O2. The quantitative estimate of drug-likeness (QED) is 0.650. The second-order valence-electron chi connectivity index (χ2n) is 6.69. The van der Waals surface area contributed by atoms with Gasteiger partial charge in [0.15, 0.2) is 0 Å². The lowest BCUT2D eigenvalue weighted by atomic mass is 9.91. The number of carbonyl (C=O) groups excluding carboxylic acids is 2. The molecule has 0 radical (unpaired) electrons. The van der Waals surface area contributed by atoms with Crippen LogP contribution in [0.4, 0.5) is 0 Å². The molecular weight excluding hydrogens is 348 g/mol. The Morgan fingerprint density at radius 1 is 0.714 bits per heavy atom. The number of amides is 2. The average Bonchev–Trinajstić information content (AvgIpc) is 2.74. The number of benzene rings is 3. The van der Waals surface area contributed by atoms with Gasteiger partial charge in [0.25, 0.3) is 0 Å². The van der Waals surface area contributed by atoms with Gasteiger partial charge in [-0.25, -0.2) is 0 Å². The van der Waals surface area contributed by atoms with E-state index in [1.54, 1.807) is 0 Å². The molecule has 0 spiro atoms. The van der Waals surface area contributed by atoms with Crippen molar-refractivity contribution in [3.63, 3.8) is 0 Å². The Morgan fingerprint density at radius 3 is 1.79 bits per heavy atom. The number of hydrogen-bond donors (Lipinski definition) is 2. The summed E-state index contributed by atoms with van der Waals surface area (Å²) in [6, 6.07) is 27.7. The van der Waals surface area contributed by atoms with Crippen LogP contribution in [0.25, 0.3) is 0 Å². The smallest absolute Gasteiger partial charge is 0.309 e. The van der Waals surface area contributed by atoms with E-state index in [1.807, 2.05) is 91.9 Å². The molecule has 3 aromatic carbocycles. The molecule has 3 aromatic rings. The average molecular weight is 372 g/mol. The Bertz CT molecular complexity index is 884. The number of nitrogens with one attached hydrogen (secondary N) is 2. The highest BCUT2D eigenvalue weighted by Gasteiger charge is 2.18. The Kier molecular flexibility index (Phi) is 6.58. The van der Waals surface area contributed by atoms with Gasteiger partial charge in [0.2, 0.25) is 0 Å². The van der Waals surface area contributed by atoms with Crippen molar-refractivity contribution < 1.29 is 9.59 Å². The van der Waals surface area contributed by atoms with Crippen molar-refractivity contribution >= 4 is 11.8 Å². The first-order valence-electron chi connectivity index (χ1n) is 9.35. The van der Waals surface area contributed by atoms with E-state index in [4.69, 9.17) is 0 Å². The summed E-state index contributed by atoms with van der Waals surface area (Å²) >= 11 is 0. The lowest BCUT2D eigenvalue weighted by Gasteiger charge is -2.18. The monoisotopic (exact) mass is 372 g/mol. The van der Waals surface area contributed by atoms with Crippen LogP contribution in [0.15, 0.2) is 84.9 Å². The van der Waals surface area contributed by atoms with Crippen LogP contribution < -0.4 is 10.6 Å². The first-order chi connectivity index (χ1) is 13.6. The summed E-state index contributed by atoms with van der Waals surface area (Å²) in [5, 5.41) is 5.47. The molecule has 0 atom stereocenters. The molecule has 4 heteroatoms. The van der Waals surface area contributed by atoms with E-state index in [1.165, 1.54) is 0 Å². The zero-order chi connectivity index (χ0) is 19.8. The van der Waals surface area contributed by atoms with Gasteiger partial charge < -0.3 is 10.6 Å². The highest BCUT2D eigenvalue weighted by molar-refractivity contribution is 6.35. The van der Waals surface area contributed by atoms with E-state index in [2.05, 4.69) is 10.6 Å². The van der Waals surface area contributed by atoms with Crippen LogP contribution in [-0.4, -0.2) is 18.4 Å². The van der Waals surface area contributed by atoms with Crippen LogP contribution >= 0.6 is 0 Å². The molecule has 0 aromatic heterocycles. The molecule has 0 bridgehead atoms. The summed E-state index contributed by atoms with van der Waals surface area (Å²) < 4.78 is 0. The number of rotatable bonds is 6. The number of carbonyl (C=O) groups is 2. The van der Waals surface area contributed by atoms with Crippen LogP contribution in [0.3, 0.4) is 0 Å². The summed E-state index contributed by atoms with van der Waals surface area (Å²) in [4.78, 5) is 24.5. The maximum atomic E-state index is 12.3. The maximum absolute atomic E-state index is 12.3. The summed E-state index contributed by atoms with van der Waals surface area (Å²) in [6.07, 6.45) is 0. The molecule has 0 aliphatic heterocycles. The Hall–Kier alpha value is -3.40. The van der Waals surface area contributed by atoms with E-state index in [0.717, 1.165) is 22.3 Å². The van der Waals surface area contributed by atoms with Gasteiger partial charge in [-0.3, -0.25) is 9.59 Å². The standard InChI is InChI=1S/C24H24N2O2/c1-18-10-8-9-15-21(18)16-25-23(27)24(28)26-17-22(19-11-4-2-5-12-19)20-13-6-3-7-14-20/h2-15,22H,16-17H2,1H3,(H,25,27)(H,26,28). The van der Waals surface area contributed by atoms with Gasteiger partial charge in [-0.1, -0.05) is 84.9 Å². The van der Waals surface area contributed by atoms with Crippen molar-refractivity contribution in [1.29, 1.82) is 0 Å². The van der Waals surface area contributed by atoms with Crippen LogP contribution in [0.5, 0.6) is 0 Å². The first kappa shape index (κ1) is 19.4. The molecule has 142 valence electrons. The highest BCUT2D eigenvalue weighted by atomic mass is 16.2. The van der Waals surface area contributed by atoms with Crippen molar-refractivity contribution in [1.82, 2.24) is 10.6 Å². The predicted octanol–water partition coefficient (Wildman–Crippen LogP) is 3.56. The third-order valence-electron chi connectivity index (χ3n) is 4.78. The SMILES string of the molecule is Cc1ccccc1CNC(=O)C(=O)NCC(c1ccccc1)c1ccccc1. The molecule has 0 fully saturated rings. The molecule has 0 aliphatic rings. The lowest BCUT2D eigenvalue weighted by Crippen LogP contribution is -2.41. The van der Waals surface area contributed by atoms with Gasteiger partial charge in [0, 0.05) is 19.0 Å². The third-order valence-corrected chi connectivity index (χ3v) is 4.78. The fourth-order valence-corrected chi connectivity index (χ4v) is 3.14. The molecule has 4 nitrogen and oxygen atoms in total. The molecule has 0 heterocycles. The second kappa shape index (κ2) is 9.51. The van der Waals surface area contributed by atoms with Gasteiger partial charge in [-0.2, -0.15) is 0 Å². The molecule has 28 heavy (non-hydrogen) atoms. The molecule has 0 aliphatic carbocycles. The largest absolute Gasteiger partial charge is 0.347 e. The third kappa shape index (κ3) is 5.07. The van der Waals surface area contributed by atoms with Gasteiger partial charge in [0.1, 0.15) is 0 Å². The molecule has 2 N–H and O–H groups in total. The zero-order valence-corrected chi connectivity index (χ0v) is 15.9. The molecule has 3 rings (SSSR count). The maximum Gasteiger partial charge on any atom is 0.309 e. The van der Waals surface area contributed by atoms with E-state index in [0.29, 0.717) is 13.1 Å². The van der Waals surface area contributed by atoms with E-state index in [-0.39, 0.29) is 5.92 Å². The minimum absolute atomic E-state index is 0.0180. The fourth-order valence-electron chi connectivity index (χ4n) is 3.14.